The van der Waals surface area contributed by atoms with Crippen LogP contribution in [-0.2, 0) is 10.2 Å². The summed E-state index contributed by atoms with van der Waals surface area (Å²) < 4.78 is 17.7. The maximum absolute atomic E-state index is 13.4. The molecule has 3 aromatic rings. The Bertz CT molecular complexity index is 1300. The summed E-state index contributed by atoms with van der Waals surface area (Å²) in [5, 5.41) is 13.9. The van der Waals surface area contributed by atoms with Crippen molar-refractivity contribution in [2.75, 3.05) is 24.9 Å². The van der Waals surface area contributed by atoms with Gasteiger partial charge < -0.3 is 19.5 Å². The molecule has 0 saturated carbocycles. The second-order valence-corrected chi connectivity index (χ2v) is 10.6. The van der Waals surface area contributed by atoms with Gasteiger partial charge in [0.1, 0.15) is 22.8 Å². The average molecular weight is 510 g/mol. The molecular weight excluding hydrogens is 474 g/mol. The number of hydrogen-bond acceptors (Lipinski definition) is 7. The highest BCUT2D eigenvalue weighted by Gasteiger charge is 2.23. The van der Waals surface area contributed by atoms with Crippen LogP contribution in [0.5, 0.6) is 11.5 Å². The molecule has 0 bridgehead atoms. The Morgan fingerprint density at radius 3 is 2.19 bits per heavy atom. The van der Waals surface area contributed by atoms with Gasteiger partial charge in [0.05, 0.1) is 31.3 Å². The number of hydrogen-bond donors (Lipinski definition) is 2. The Hall–Kier alpha value is -4.08. The number of methoxy groups -OCH3 is 2. The molecule has 0 aliphatic rings. The molecule has 2 aromatic carbocycles. The summed E-state index contributed by atoms with van der Waals surface area (Å²) in [5.74, 6) is 0.667. The third kappa shape index (κ3) is 6.58. The molecule has 0 unspecified atom stereocenters. The quantitative estimate of drug-likeness (QED) is 0.451. The SMILES string of the molecule is COc1ccc(OC)c(-n2nnc(C(=O)Nc3cc(C(C)(C)C)ccc3NC(=O)OC(C)(C)C)c2C)c1. The Morgan fingerprint density at radius 1 is 0.892 bits per heavy atom. The molecule has 0 saturated heterocycles. The molecular formula is C27H35N5O5. The molecule has 0 atom stereocenters. The van der Waals surface area contributed by atoms with Gasteiger partial charge in [-0.3, -0.25) is 10.1 Å². The van der Waals surface area contributed by atoms with E-state index < -0.39 is 17.6 Å². The molecule has 0 aliphatic heterocycles. The highest BCUT2D eigenvalue weighted by atomic mass is 16.6. The fourth-order valence-corrected chi connectivity index (χ4v) is 3.55. The van der Waals surface area contributed by atoms with Crippen molar-refractivity contribution < 1.29 is 23.8 Å². The number of aromatic nitrogens is 3. The minimum atomic E-state index is -0.671. The Morgan fingerprint density at radius 2 is 1.59 bits per heavy atom. The van der Waals surface area contributed by atoms with Crippen molar-refractivity contribution in [2.45, 2.75) is 59.5 Å². The third-order valence-corrected chi connectivity index (χ3v) is 5.49. The lowest BCUT2D eigenvalue weighted by Gasteiger charge is -2.23. The van der Waals surface area contributed by atoms with Crippen LogP contribution in [0.2, 0.25) is 0 Å². The van der Waals surface area contributed by atoms with Crippen molar-refractivity contribution in [1.29, 1.82) is 0 Å². The highest BCUT2D eigenvalue weighted by molar-refractivity contribution is 6.06. The first-order valence-corrected chi connectivity index (χ1v) is 11.8. The molecule has 1 heterocycles. The third-order valence-electron chi connectivity index (χ3n) is 5.49. The zero-order chi connectivity index (χ0) is 27.5. The van der Waals surface area contributed by atoms with Crippen LogP contribution in [0.15, 0.2) is 36.4 Å². The maximum atomic E-state index is 13.4. The summed E-state index contributed by atoms with van der Waals surface area (Å²) in [7, 11) is 3.11. The standard InChI is InChI=1S/C27H35N5O5/c1-16-23(30-31-32(16)21-15-18(35-8)11-13-22(21)36-9)24(33)28-20-14-17(26(2,3)4)10-12-19(20)29-25(34)37-27(5,6)7/h10-15H,1-9H3,(H,28,33)(H,29,34). The molecule has 1 aromatic heterocycles. The van der Waals surface area contributed by atoms with Gasteiger partial charge in [0.2, 0.25) is 0 Å². The van der Waals surface area contributed by atoms with Gasteiger partial charge >= 0.3 is 6.09 Å². The van der Waals surface area contributed by atoms with E-state index in [1.165, 1.54) is 4.68 Å². The van der Waals surface area contributed by atoms with Crippen molar-refractivity contribution in [1.82, 2.24) is 15.0 Å². The van der Waals surface area contributed by atoms with Crippen molar-refractivity contribution in [3.63, 3.8) is 0 Å². The van der Waals surface area contributed by atoms with E-state index in [2.05, 4.69) is 41.7 Å². The van der Waals surface area contributed by atoms with Gasteiger partial charge in [0.15, 0.2) is 5.69 Å². The lowest BCUT2D eigenvalue weighted by atomic mass is 9.86. The predicted octanol–water partition coefficient (Wildman–Crippen LogP) is 5.49. The van der Waals surface area contributed by atoms with Crippen molar-refractivity contribution in [3.8, 4) is 17.2 Å². The first kappa shape index (κ1) is 27.5. The van der Waals surface area contributed by atoms with E-state index >= 15 is 0 Å². The molecule has 0 aliphatic carbocycles. The monoisotopic (exact) mass is 509 g/mol. The van der Waals surface area contributed by atoms with Gasteiger partial charge in [-0.2, -0.15) is 0 Å². The van der Waals surface area contributed by atoms with Gasteiger partial charge in [-0.1, -0.05) is 32.1 Å². The van der Waals surface area contributed by atoms with Gasteiger partial charge in [0.25, 0.3) is 5.91 Å². The largest absolute Gasteiger partial charge is 0.497 e. The number of amides is 2. The van der Waals surface area contributed by atoms with E-state index in [9.17, 15) is 9.59 Å². The molecule has 0 radical (unpaired) electrons. The zero-order valence-electron chi connectivity index (χ0n) is 22.8. The van der Waals surface area contributed by atoms with Gasteiger partial charge in [-0.15, -0.1) is 5.10 Å². The molecule has 2 amide bonds. The van der Waals surface area contributed by atoms with Crippen molar-refractivity contribution in [2.24, 2.45) is 0 Å². The van der Waals surface area contributed by atoms with Crippen LogP contribution < -0.4 is 20.1 Å². The minimum absolute atomic E-state index is 0.120. The molecule has 2 N–H and O–H groups in total. The molecule has 0 spiro atoms. The molecule has 0 fully saturated rings. The smallest absolute Gasteiger partial charge is 0.412 e. The average Bonchev–Trinajstić information content (AvgIpc) is 3.18. The summed E-state index contributed by atoms with van der Waals surface area (Å²) in [4.78, 5) is 25.8. The fraction of sp³-hybridized carbons (Fsp3) is 0.407. The van der Waals surface area contributed by atoms with E-state index in [1.54, 1.807) is 66.2 Å². The Kier molecular flexibility index (Phi) is 7.80. The van der Waals surface area contributed by atoms with Gasteiger partial charge in [-0.25, -0.2) is 9.48 Å². The van der Waals surface area contributed by atoms with Crippen LogP contribution >= 0.6 is 0 Å². The van der Waals surface area contributed by atoms with Gasteiger partial charge in [-0.05, 0) is 62.9 Å². The lowest BCUT2D eigenvalue weighted by Crippen LogP contribution is -2.28. The second-order valence-electron chi connectivity index (χ2n) is 10.6. The lowest BCUT2D eigenvalue weighted by molar-refractivity contribution is 0.0635. The molecule has 10 heteroatoms. The topological polar surface area (TPSA) is 117 Å². The number of nitrogens with zero attached hydrogens (tertiary/aromatic N) is 3. The minimum Gasteiger partial charge on any atom is -0.497 e. The Balaban J connectivity index is 1.97. The normalized spacial score (nSPS) is 11.6. The van der Waals surface area contributed by atoms with Crippen LogP contribution in [-0.4, -0.2) is 46.8 Å². The van der Waals surface area contributed by atoms with Crippen LogP contribution in [0.1, 0.15) is 63.3 Å². The van der Waals surface area contributed by atoms with Crippen LogP contribution in [0, 0.1) is 6.92 Å². The summed E-state index contributed by atoms with van der Waals surface area (Å²) in [6, 6.07) is 10.7. The molecule has 37 heavy (non-hydrogen) atoms. The fourth-order valence-electron chi connectivity index (χ4n) is 3.55. The molecule has 10 nitrogen and oxygen atoms in total. The van der Waals surface area contributed by atoms with Crippen LogP contribution in [0.25, 0.3) is 5.69 Å². The van der Waals surface area contributed by atoms with E-state index in [-0.39, 0.29) is 11.1 Å². The molecule has 3 rings (SSSR count). The number of nitrogens with one attached hydrogen (secondary N) is 2. The Labute approximate surface area is 217 Å². The summed E-state index contributed by atoms with van der Waals surface area (Å²) in [6.45, 7) is 13.3. The van der Waals surface area contributed by atoms with Gasteiger partial charge in [0, 0.05) is 6.07 Å². The van der Waals surface area contributed by atoms with E-state index in [0.29, 0.717) is 34.3 Å². The second kappa shape index (κ2) is 10.5. The number of carbonyl (C=O) groups excluding carboxylic acids is 2. The number of carbonyl (C=O) groups is 2. The summed E-state index contributed by atoms with van der Waals surface area (Å²) in [6.07, 6.45) is -0.626. The van der Waals surface area contributed by atoms with Crippen LogP contribution in [0.4, 0.5) is 16.2 Å². The van der Waals surface area contributed by atoms with Crippen molar-refractivity contribution in [3.05, 3.63) is 53.3 Å². The van der Waals surface area contributed by atoms with Crippen LogP contribution in [0.3, 0.4) is 0 Å². The van der Waals surface area contributed by atoms with E-state index in [4.69, 9.17) is 14.2 Å². The number of rotatable bonds is 6. The first-order valence-electron chi connectivity index (χ1n) is 11.8. The molecule has 198 valence electrons. The maximum Gasteiger partial charge on any atom is 0.412 e. The number of anilines is 2. The summed E-state index contributed by atoms with van der Waals surface area (Å²) >= 11 is 0. The van der Waals surface area contributed by atoms with E-state index in [0.717, 1.165) is 5.56 Å². The summed E-state index contributed by atoms with van der Waals surface area (Å²) in [5.41, 5.74) is 2.12. The van der Waals surface area contributed by atoms with E-state index in [1.807, 2.05) is 12.1 Å². The van der Waals surface area contributed by atoms with Crippen molar-refractivity contribution >= 4 is 23.4 Å². The predicted molar refractivity (Wildman–Crippen MR) is 142 cm³/mol. The first-order chi connectivity index (χ1) is 17.2. The highest BCUT2D eigenvalue weighted by Crippen LogP contribution is 2.32. The number of ether oxygens (including phenoxy) is 3. The number of benzene rings is 2. The zero-order valence-corrected chi connectivity index (χ0v) is 22.8.